The average molecular weight is 388 g/mol. The minimum Gasteiger partial charge on any atom is -0.335 e. The summed E-state index contributed by atoms with van der Waals surface area (Å²) in [7, 11) is 0. The highest BCUT2D eigenvalue weighted by Crippen LogP contribution is 2.27. The zero-order valence-corrected chi connectivity index (χ0v) is 15.9. The van der Waals surface area contributed by atoms with E-state index in [1.54, 1.807) is 6.07 Å². The molecule has 0 saturated heterocycles. The van der Waals surface area contributed by atoms with E-state index >= 15 is 0 Å². The molecule has 0 saturated carbocycles. The molecular formula is C18H18ClN5OS. The third-order valence-electron chi connectivity index (χ3n) is 3.86. The van der Waals surface area contributed by atoms with E-state index in [2.05, 4.69) is 15.5 Å². The number of para-hydroxylation sites is 1. The second-order valence-corrected chi connectivity index (χ2v) is 7.11. The molecule has 0 aliphatic rings. The first-order valence-corrected chi connectivity index (χ1v) is 9.28. The van der Waals surface area contributed by atoms with Gasteiger partial charge in [-0.15, -0.1) is 10.2 Å². The predicted molar refractivity (Wildman–Crippen MR) is 106 cm³/mol. The van der Waals surface area contributed by atoms with Gasteiger partial charge in [-0.2, -0.15) is 0 Å². The highest BCUT2D eigenvalue weighted by atomic mass is 35.5. The van der Waals surface area contributed by atoms with Gasteiger partial charge in [-0.3, -0.25) is 4.79 Å². The van der Waals surface area contributed by atoms with Gasteiger partial charge in [0.15, 0.2) is 5.82 Å². The first-order valence-electron chi connectivity index (χ1n) is 7.91. The van der Waals surface area contributed by atoms with Crippen LogP contribution in [-0.4, -0.2) is 26.5 Å². The van der Waals surface area contributed by atoms with Crippen LogP contribution in [0.25, 0.3) is 11.4 Å². The van der Waals surface area contributed by atoms with E-state index in [1.807, 2.05) is 50.2 Å². The topological polar surface area (TPSA) is 85.8 Å². The summed E-state index contributed by atoms with van der Waals surface area (Å²) >= 11 is 7.40. The first kappa shape index (κ1) is 18.3. The van der Waals surface area contributed by atoms with Crippen LogP contribution < -0.4 is 11.2 Å². The average Bonchev–Trinajstić information content (AvgIpc) is 2.97. The minimum absolute atomic E-state index is 0.130. The van der Waals surface area contributed by atoms with Gasteiger partial charge in [-0.1, -0.05) is 53.7 Å². The van der Waals surface area contributed by atoms with Gasteiger partial charge < -0.3 is 11.2 Å². The molecule has 0 aliphatic carbocycles. The Bertz CT molecular complexity index is 936. The summed E-state index contributed by atoms with van der Waals surface area (Å²) in [5, 5.41) is 12.1. The lowest BCUT2D eigenvalue weighted by atomic mass is 10.1. The van der Waals surface area contributed by atoms with Gasteiger partial charge in [0.05, 0.1) is 10.8 Å². The molecule has 0 radical (unpaired) electrons. The predicted octanol–water partition coefficient (Wildman–Crippen LogP) is 3.66. The number of thioether (sulfide) groups is 1. The molecule has 1 aromatic heterocycles. The molecule has 0 atom stereocenters. The summed E-state index contributed by atoms with van der Waals surface area (Å²) in [4.78, 5) is 12.3. The van der Waals surface area contributed by atoms with Crippen molar-refractivity contribution in [1.82, 2.24) is 14.9 Å². The molecule has 1 heterocycles. The summed E-state index contributed by atoms with van der Waals surface area (Å²) in [6.07, 6.45) is 0. The molecule has 0 unspecified atom stereocenters. The van der Waals surface area contributed by atoms with Crippen LogP contribution in [0, 0.1) is 13.8 Å². The van der Waals surface area contributed by atoms with Crippen LogP contribution in [0.1, 0.15) is 11.1 Å². The largest absolute Gasteiger partial charge is 0.335 e. The minimum atomic E-state index is -0.130. The van der Waals surface area contributed by atoms with Crippen LogP contribution in [0.5, 0.6) is 0 Å². The van der Waals surface area contributed by atoms with Crippen molar-refractivity contribution in [2.24, 2.45) is 0 Å². The lowest BCUT2D eigenvalue weighted by Crippen LogP contribution is -2.17. The Morgan fingerprint density at radius 1 is 1.15 bits per heavy atom. The molecular weight excluding hydrogens is 370 g/mol. The van der Waals surface area contributed by atoms with E-state index in [9.17, 15) is 4.79 Å². The standard InChI is InChI=1S/C18H18ClN5OS/c1-11-6-5-7-12(2)16(11)21-15(25)10-26-18-23-22-17(24(18)20)13-8-3-4-9-14(13)19/h3-9H,10,20H2,1-2H3,(H,21,25). The Morgan fingerprint density at radius 3 is 2.54 bits per heavy atom. The van der Waals surface area contributed by atoms with E-state index < -0.39 is 0 Å². The lowest BCUT2D eigenvalue weighted by molar-refractivity contribution is -0.113. The van der Waals surface area contributed by atoms with Crippen molar-refractivity contribution in [3.8, 4) is 11.4 Å². The normalized spacial score (nSPS) is 10.7. The Balaban J connectivity index is 1.69. The van der Waals surface area contributed by atoms with Crippen LogP contribution in [0.15, 0.2) is 47.6 Å². The maximum absolute atomic E-state index is 12.3. The number of rotatable bonds is 5. The first-order chi connectivity index (χ1) is 12.5. The monoisotopic (exact) mass is 387 g/mol. The molecule has 3 rings (SSSR count). The number of carbonyl (C=O) groups excluding carboxylic acids is 1. The van der Waals surface area contributed by atoms with Gasteiger partial charge in [0, 0.05) is 11.3 Å². The number of nitrogens with two attached hydrogens (primary N) is 1. The number of aromatic nitrogens is 3. The Hall–Kier alpha value is -2.51. The fourth-order valence-electron chi connectivity index (χ4n) is 2.52. The second-order valence-electron chi connectivity index (χ2n) is 5.76. The molecule has 6 nitrogen and oxygen atoms in total. The number of halogens is 1. The lowest BCUT2D eigenvalue weighted by Gasteiger charge is -2.11. The number of nitrogens with zero attached hydrogens (tertiary/aromatic N) is 3. The van der Waals surface area contributed by atoms with E-state index in [1.165, 1.54) is 16.4 Å². The van der Waals surface area contributed by atoms with E-state index in [4.69, 9.17) is 17.4 Å². The molecule has 26 heavy (non-hydrogen) atoms. The maximum Gasteiger partial charge on any atom is 0.234 e. The molecule has 3 N–H and O–H groups in total. The SMILES string of the molecule is Cc1cccc(C)c1NC(=O)CSc1nnc(-c2ccccc2Cl)n1N. The van der Waals surface area contributed by atoms with E-state index in [0.29, 0.717) is 21.6 Å². The van der Waals surface area contributed by atoms with Crippen molar-refractivity contribution in [2.45, 2.75) is 19.0 Å². The van der Waals surface area contributed by atoms with Gasteiger partial charge in [-0.25, -0.2) is 4.68 Å². The zero-order chi connectivity index (χ0) is 18.7. The van der Waals surface area contributed by atoms with E-state index in [-0.39, 0.29) is 11.7 Å². The smallest absolute Gasteiger partial charge is 0.234 e. The number of nitrogens with one attached hydrogen (secondary N) is 1. The number of carbonyl (C=O) groups is 1. The van der Waals surface area contributed by atoms with Gasteiger partial charge in [0.25, 0.3) is 0 Å². The third kappa shape index (κ3) is 3.84. The quantitative estimate of drug-likeness (QED) is 0.515. The molecule has 0 aliphatic heterocycles. The fourth-order valence-corrected chi connectivity index (χ4v) is 3.40. The molecule has 134 valence electrons. The van der Waals surface area contributed by atoms with Crippen LogP contribution in [-0.2, 0) is 4.79 Å². The maximum atomic E-state index is 12.3. The van der Waals surface area contributed by atoms with Gasteiger partial charge in [0.1, 0.15) is 0 Å². The zero-order valence-electron chi connectivity index (χ0n) is 14.4. The van der Waals surface area contributed by atoms with Crippen LogP contribution in [0.4, 0.5) is 5.69 Å². The van der Waals surface area contributed by atoms with Gasteiger partial charge in [-0.05, 0) is 37.1 Å². The fraction of sp³-hybridized carbons (Fsp3) is 0.167. The number of anilines is 1. The molecule has 2 aromatic carbocycles. The molecule has 1 amide bonds. The number of hydrogen-bond acceptors (Lipinski definition) is 5. The number of aryl methyl sites for hydroxylation is 2. The van der Waals surface area contributed by atoms with Gasteiger partial charge in [0.2, 0.25) is 11.1 Å². The van der Waals surface area contributed by atoms with E-state index in [0.717, 1.165) is 16.8 Å². The molecule has 8 heteroatoms. The van der Waals surface area contributed by atoms with Crippen molar-refractivity contribution >= 4 is 35.0 Å². The summed E-state index contributed by atoms with van der Waals surface area (Å²) in [6, 6.07) is 13.1. The van der Waals surface area contributed by atoms with Crippen LogP contribution >= 0.6 is 23.4 Å². The van der Waals surface area contributed by atoms with Crippen molar-refractivity contribution in [3.63, 3.8) is 0 Å². The molecule has 0 bridgehead atoms. The third-order valence-corrected chi connectivity index (χ3v) is 5.13. The van der Waals surface area contributed by atoms with Crippen molar-refractivity contribution in [2.75, 3.05) is 16.9 Å². The van der Waals surface area contributed by atoms with Crippen LogP contribution in [0.3, 0.4) is 0 Å². The van der Waals surface area contributed by atoms with Gasteiger partial charge >= 0.3 is 0 Å². The van der Waals surface area contributed by atoms with Crippen molar-refractivity contribution in [1.29, 1.82) is 0 Å². The van der Waals surface area contributed by atoms with Crippen molar-refractivity contribution < 1.29 is 4.79 Å². The summed E-state index contributed by atoms with van der Waals surface area (Å²) in [5.41, 5.74) is 3.57. The van der Waals surface area contributed by atoms with Crippen molar-refractivity contribution in [3.05, 3.63) is 58.6 Å². The Labute approximate surface area is 160 Å². The van der Waals surface area contributed by atoms with Crippen LogP contribution in [0.2, 0.25) is 5.02 Å². The second kappa shape index (κ2) is 7.80. The highest BCUT2D eigenvalue weighted by Gasteiger charge is 2.16. The molecule has 0 spiro atoms. The number of benzene rings is 2. The summed E-state index contributed by atoms with van der Waals surface area (Å²) in [6.45, 7) is 3.92. The molecule has 3 aromatic rings. The summed E-state index contributed by atoms with van der Waals surface area (Å²) < 4.78 is 1.35. The number of nitrogen functional groups attached to an aromatic ring is 1. The number of amides is 1. The highest BCUT2D eigenvalue weighted by molar-refractivity contribution is 7.99. The summed E-state index contributed by atoms with van der Waals surface area (Å²) in [5.74, 6) is 6.57. The Kier molecular flexibility index (Phi) is 5.49. The number of hydrogen-bond donors (Lipinski definition) is 2. The Morgan fingerprint density at radius 2 is 1.85 bits per heavy atom. The molecule has 0 fully saturated rings.